The van der Waals surface area contributed by atoms with Crippen molar-refractivity contribution in [3.63, 3.8) is 0 Å². The Morgan fingerprint density at radius 3 is 3.40 bits per heavy atom. The van der Waals surface area contributed by atoms with Gasteiger partial charge in [0.2, 0.25) is 0 Å². The highest BCUT2D eigenvalue weighted by atomic mass is 35.5. The van der Waals surface area contributed by atoms with Crippen LogP contribution in [0.15, 0.2) is 18.5 Å². The number of fused-ring (bicyclic) bond motifs is 1. The van der Waals surface area contributed by atoms with Crippen molar-refractivity contribution in [2.75, 3.05) is 0 Å². The first kappa shape index (κ1) is 3.34. The summed E-state index contributed by atoms with van der Waals surface area (Å²) >= 11 is 5.74. The van der Waals surface area contributed by atoms with Gasteiger partial charge in [-0.15, -0.1) is 0 Å². The molecule has 0 aliphatic heterocycles. The molecule has 4 heteroatoms. The van der Waals surface area contributed by atoms with E-state index < -0.39 is 0 Å². The average molecular weight is 157 g/mol. The summed E-state index contributed by atoms with van der Waals surface area (Å²) < 4.78 is 21.8. The molecule has 0 radical (unpaired) electrons. The lowest BCUT2D eigenvalue weighted by atomic mass is 10.4. The minimum absolute atomic E-state index is 0.0746. The van der Waals surface area contributed by atoms with E-state index in [0.717, 1.165) is 0 Å². The van der Waals surface area contributed by atoms with E-state index >= 15 is 0 Å². The molecule has 0 saturated heterocycles. The van der Waals surface area contributed by atoms with Crippen LogP contribution in [0, 0.1) is 0 Å². The molecule has 0 spiro atoms. The lowest BCUT2D eigenvalue weighted by Gasteiger charge is -1.87. The number of halogens is 1. The van der Waals surface area contributed by atoms with E-state index in [-0.39, 0.29) is 29.2 Å². The third-order valence-corrected chi connectivity index (χ3v) is 1.40. The van der Waals surface area contributed by atoms with Gasteiger partial charge in [0.15, 0.2) is 5.65 Å². The minimum atomic E-state index is -0.232. The van der Waals surface area contributed by atoms with Gasteiger partial charge in [-0.2, -0.15) is 0 Å². The summed E-state index contributed by atoms with van der Waals surface area (Å²) in [4.78, 5) is 9.93. The molecule has 1 N–H and O–H groups in total. The Morgan fingerprint density at radius 1 is 1.60 bits per heavy atom. The van der Waals surface area contributed by atoms with Gasteiger partial charge in [-0.1, -0.05) is 11.6 Å². The molecule has 2 aromatic heterocycles. The first-order valence-electron chi connectivity index (χ1n) is 4.08. The van der Waals surface area contributed by atoms with Crippen LogP contribution in [0.1, 0.15) is 4.11 Å². The quantitative estimate of drug-likeness (QED) is 0.630. The molecule has 0 aliphatic carbocycles. The number of imidazole rings is 1. The molecule has 0 bridgehead atoms. The molecule has 0 aliphatic rings. The Morgan fingerprint density at radius 2 is 2.50 bits per heavy atom. The second-order valence-corrected chi connectivity index (χ2v) is 2.09. The summed E-state index contributed by atoms with van der Waals surface area (Å²) in [7, 11) is 0. The van der Waals surface area contributed by atoms with E-state index in [9.17, 15) is 0 Å². The van der Waals surface area contributed by atoms with Crippen LogP contribution in [0.2, 0.25) is 5.02 Å². The van der Waals surface area contributed by atoms with Crippen LogP contribution >= 0.6 is 11.6 Å². The number of hydrogen-bond donors (Lipinski definition) is 1. The second kappa shape index (κ2) is 1.95. The van der Waals surface area contributed by atoms with Crippen LogP contribution in [-0.2, 0) is 0 Å². The Labute approximate surface area is 66.3 Å². The number of H-pyrrole nitrogens is 1. The zero-order valence-electron chi connectivity index (χ0n) is 7.77. The van der Waals surface area contributed by atoms with Crippen molar-refractivity contribution >= 4 is 22.8 Å². The molecule has 2 rings (SSSR count). The van der Waals surface area contributed by atoms with Crippen molar-refractivity contribution in [3.05, 3.63) is 23.5 Å². The van der Waals surface area contributed by atoms with Crippen molar-refractivity contribution in [3.8, 4) is 0 Å². The fourth-order valence-corrected chi connectivity index (χ4v) is 0.849. The molecule has 10 heavy (non-hydrogen) atoms. The van der Waals surface area contributed by atoms with Crippen LogP contribution in [0.4, 0.5) is 0 Å². The van der Waals surface area contributed by atoms with E-state index in [0.29, 0.717) is 5.52 Å². The number of nitrogens with zero attached hydrogens (tertiary/aromatic N) is 2. The van der Waals surface area contributed by atoms with Gasteiger partial charge < -0.3 is 4.98 Å². The molecule has 0 atom stereocenters. The van der Waals surface area contributed by atoms with E-state index in [1.807, 2.05) is 0 Å². The fourth-order valence-electron chi connectivity index (χ4n) is 0.675. The van der Waals surface area contributed by atoms with Gasteiger partial charge in [-0.25, -0.2) is 9.97 Å². The predicted octanol–water partition coefficient (Wildman–Crippen LogP) is 1.61. The van der Waals surface area contributed by atoms with Crippen molar-refractivity contribution in [2.24, 2.45) is 0 Å². The van der Waals surface area contributed by atoms with Crippen LogP contribution < -0.4 is 0 Å². The lowest BCUT2D eigenvalue weighted by molar-refractivity contribution is 1.30. The van der Waals surface area contributed by atoms with E-state index in [1.54, 1.807) is 0 Å². The van der Waals surface area contributed by atoms with Crippen LogP contribution in [0.25, 0.3) is 11.2 Å². The van der Waals surface area contributed by atoms with Crippen molar-refractivity contribution in [1.82, 2.24) is 15.0 Å². The van der Waals surface area contributed by atoms with Gasteiger partial charge >= 0.3 is 0 Å². The minimum Gasteiger partial charge on any atom is -0.342 e. The third kappa shape index (κ3) is 0.675. The van der Waals surface area contributed by atoms with E-state index in [2.05, 4.69) is 15.0 Å². The summed E-state index contributed by atoms with van der Waals surface area (Å²) in [5.74, 6) is 0. The highest BCUT2D eigenvalue weighted by Gasteiger charge is 1.98. The summed E-state index contributed by atoms with van der Waals surface area (Å²) in [6.07, 6.45) is -0.307. The summed E-state index contributed by atoms with van der Waals surface area (Å²) in [5, 5.41) is 0.0843. The van der Waals surface area contributed by atoms with Gasteiger partial charge in [-0.3, -0.25) is 0 Å². The maximum Gasteiger partial charge on any atom is 0.178 e. The van der Waals surface area contributed by atoms with Gasteiger partial charge in [0.1, 0.15) is 6.89 Å². The maximum absolute atomic E-state index is 7.34. The normalized spacial score (nSPS) is 14.7. The number of aromatic amines is 1. The van der Waals surface area contributed by atoms with Gasteiger partial charge in [0, 0.05) is 6.17 Å². The third-order valence-electron chi connectivity index (χ3n) is 1.11. The van der Waals surface area contributed by atoms with Gasteiger partial charge in [-0.05, 0) is 6.04 Å². The summed E-state index contributed by atoms with van der Waals surface area (Å²) in [6.45, 7) is 0. The number of aromatic nitrogens is 3. The number of pyridine rings is 1. The number of hydrogen-bond acceptors (Lipinski definition) is 2. The van der Waals surface area contributed by atoms with Crippen molar-refractivity contribution < 1.29 is 4.11 Å². The highest BCUT2D eigenvalue weighted by Crippen LogP contribution is 2.16. The van der Waals surface area contributed by atoms with Crippen LogP contribution in [0.3, 0.4) is 0 Å². The Bertz CT molecular complexity index is 481. The fraction of sp³-hybridized carbons (Fsp3) is 0. The molecule has 50 valence electrons. The van der Waals surface area contributed by atoms with Crippen LogP contribution in [0.5, 0.6) is 0 Å². The lowest BCUT2D eigenvalue weighted by Crippen LogP contribution is -1.74. The molecular formula is C6H4ClN3. The topological polar surface area (TPSA) is 41.6 Å². The Hall–Kier alpha value is -1.09. The first-order valence-corrected chi connectivity index (χ1v) is 2.96. The SMILES string of the molecule is [2H]c1nc2nc([2H])c([2H])c(Cl)c2[nH]1. The molecule has 0 aromatic carbocycles. The van der Waals surface area contributed by atoms with Crippen LogP contribution in [-0.4, -0.2) is 15.0 Å². The average Bonchev–Trinajstić information content (AvgIpc) is 2.42. The predicted molar refractivity (Wildman–Crippen MR) is 38.9 cm³/mol. The second-order valence-electron chi connectivity index (χ2n) is 1.71. The molecular weight excluding hydrogens is 150 g/mol. The molecule has 0 fully saturated rings. The molecule has 3 nitrogen and oxygen atoms in total. The molecule has 0 saturated carbocycles. The van der Waals surface area contributed by atoms with Gasteiger partial charge in [0.25, 0.3) is 0 Å². The molecule has 2 aromatic rings. The Kier molecular flexibility index (Phi) is 0.653. The van der Waals surface area contributed by atoms with E-state index in [1.165, 1.54) is 0 Å². The first-order chi connectivity index (χ1) is 6.09. The molecule has 0 amide bonds. The largest absolute Gasteiger partial charge is 0.342 e. The monoisotopic (exact) mass is 156 g/mol. The number of nitrogens with one attached hydrogen (secondary N) is 1. The molecule has 2 heterocycles. The zero-order chi connectivity index (χ0) is 9.59. The van der Waals surface area contributed by atoms with E-state index in [4.69, 9.17) is 15.7 Å². The Balaban J connectivity index is 2.92. The maximum atomic E-state index is 7.34. The highest BCUT2D eigenvalue weighted by molar-refractivity contribution is 6.34. The molecule has 0 unspecified atom stereocenters. The number of rotatable bonds is 0. The zero-order valence-corrected chi connectivity index (χ0v) is 5.53. The van der Waals surface area contributed by atoms with Gasteiger partial charge in [0.05, 0.1) is 14.1 Å². The smallest absolute Gasteiger partial charge is 0.178 e. The van der Waals surface area contributed by atoms with Crippen molar-refractivity contribution in [2.45, 2.75) is 0 Å². The van der Waals surface area contributed by atoms with Crippen molar-refractivity contribution in [1.29, 1.82) is 0 Å². The standard InChI is InChI=1S/C6H4ClN3/c7-4-1-2-8-6-5(4)9-3-10-6/h1-3H,(H,8,9,10)/i1D,2D,3D. The summed E-state index contributed by atoms with van der Waals surface area (Å²) in [6, 6.07) is -0.155. The summed E-state index contributed by atoms with van der Waals surface area (Å²) in [5.41, 5.74) is 0.545.